The van der Waals surface area contributed by atoms with Crippen molar-refractivity contribution in [3.8, 4) is 5.75 Å². The van der Waals surface area contributed by atoms with Crippen molar-refractivity contribution in [1.82, 2.24) is 10.3 Å². The van der Waals surface area contributed by atoms with Gasteiger partial charge in [-0.15, -0.1) is 0 Å². The lowest BCUT2D eigenvalue weighted by molar-refractivity contribution is -0.121. The summed E-state index contributed by atoms with van der Waals surface area (Å²) in [5.74, 6) is 0.963. The zero-order valence-electron chi connectivity index (χ0n) is 16.7. The van der Waals surface area contributed by atoms with Gasteiger partial charge in [0.1, 0.15) is 5.75 Å². The van der Waals surface area contributed by atoms with Crippen molar-refractivity contribution < 1.29 is 9.53 Å². The molecule has 0 aliphatic heterocycles. The molecular formula is C23H32N2O2. The van der Waals surface area contributed by atoms with Gasteiger partial charge in [-0.3, -0.25) is 9.78 Å². The van der Waals surface area contributed by atoms with E-state index in [2.05, 4.69) is 23.3 Å². The van der Waals surface area contributed by atoms with E-state index in [4.69, 9.17) is 4.74 Å². The van der Waals surface area contributed by atoms with Crippen LogP contribution in [-0.2, 0) is 17.8 Å². The van der Waals surface area contributed by atoms with Crippen molar-refractivity contribution in [3.63, 3.8) is 0 Å². The van der Waals surface area contributed by atoms with Crippen LogP contribution in [0.5, 0.6) is 5.75 Å². The van der Waals surface area contributed by atoms with Crippen LogP contribution < -0.4 is 10.1 Å². The minimum absolute atomic E-state index is 0.127. The quantitative estimate of drug-likeness (QED) is 0.534. The first kappa shape index (κ1) is 20.9. The second-order valence-electron chi connectivity index (χ2n) is 6.94. The molecule has 27 heavy (non-hydrogen) atoms. The molecule has 0 fully saturated rings. The van der Waals surface area contributed by atoms with E-state index in [-0.39, 0.29) is 5.91 Å². The molecule has 1 aromatic carbocycles. The zero-order valence-corrected chi connectivity index (χ0v) is 16.7. The Bertz CT molecular complexity index is 686. The summed E-state index contributed by atoms with van der Waals surface area (Å²) in [4.78, 5) is 16.4. The van der Waals surface area contributed by atoms with E-state index in [0.29, 0.717) is 13.0 Å². The third kappa shape index (κ3) is 7.81. The van der Waals surface area contributed by atoms with Gasteiger partial charge in [0.05, 0.1) is 7.11 Å². The minimum Gasteiger partial charge on any atom is -0.496 e. The van der Waals surface area contributed by atoms with Crippen molar-refractivity contribution in [3.05, 3.63) is 59.4 Å². The number of pyridine rings is 1. The fourth-order valence-electron chi connectivity index (χ4n) is 3.10. The molecule has 0 atom stereocenters. The molecule has 146 valence electrons. The Hall–Kier alpha value is -2.36. The van der Waals surface area contributed by atoms with E-state index in [0.717, 1.165) is 41.8 Å². The van der Waals surface area contributed by atoms with E-state index in [1.165, 1.54) is 25.7 Å². The van der Waals surface area contributed by atoms with Crippen molar-refractivity contribution >= 4 is 5.91 Å². The normalized spacial score (nSPS) is 10.6. The summed E-state index contributed by atoms with van der Waals surface area (Å²) in [5.41, 5.74) is 3.15. The van der Waals surface area contributed by atoms with Crippen molar-refractivity contribution in [2.75, 3.05) is 7.11 Å². The van der Waals surface area contributed by atoms with Gasteiger partial charge in [-0.25, -0.2) is 0 Å². The number of amides is 1. The summed E-state index contributed by atoms with van der Waals surface area (Å²) in [6.45, 7) is 2.75. The van der Waals surface area contributed by atoms with Crippen LogP contribution in [0.3, 0.4) is 0 Å². The molecule has 0 aliphatic rings. The number of unbranched alkanes of at least 4 members (excludes halogenated alkanes) is 5. The maximum Gasteiger partial charge on any atom is 0.220 e. The molecular weight excluding hydrogens is 336 g/mol. The fourth-order valence-corrected chi connectivity index (χ4v) is 3.10. The first-order valence-corrected chi connectivity index (χ1v) is 10.0. The van der Waals surface area contributed by atoms with E-state index < -0.39 is 0 Å². The number of carbonyl (C=O) groups is 1. The molecule has 0 saturated carbocycles. The van der Waals surface area contributed by atoms with E-state index >= 15 is 0 Å². The number of rotatable bonds is 12. The molecule has 1 heterocycles. The largest absolute Gasteiger partial charge is 0.496 e. The molecule has 0 saturated heterocycles. The first-order chi connectivity index (χ1) is 13.2. The van der Waals surface area contributed by atoms with Gasteiger partial charge in [0.15, 0.2) is 0 Å². The van der Waals surface area contributed by atoms with Crippen LogP contribution in [0.25, 0.3) is 0 Å². The van der Waals surface area contributed by atoms with Gasteiger partial charge >= 0.3 is 0 Å². The SMILES string of the molecule is CCCCCCCCC(=O)NCc1ccc(Cc2ccccn2)c(OC)c1. The number of hydrogen-bond acceptors (Lipinski definition) is 3. The molecule has 0 aliphatic carbocycles. The molecule has 4 heteroatoms. The van der Waals surface area contributed by atoms with Gasteiger partial charge in [-0.2, -0.15) is 0 Å². The number of carbonyl (C=O) groups excluding carboxylic acids is 1. The highest BCUT2D eigenvalue weighted by Crippen LogP contribution is 2.22. The smallest absolute Gasteiger partial charge is 0.220 e. The van der Waals surface area contributed by atoms with Crippen LogP contribution in [0.15, 0.2) is 42.6 Å². The predicted molar refractivity (Wildman–Crippen MR) is 110 cm³/mol. The van der Waals surface area contributed by atoms with Crippen molar-refractivity contribution in [2.24, 2.45) is 0 Å². The molecule has 1 N–H and O–H groups in total. The summed E-state index contributed by atoms with van der Waals surface area (Å²) >= 11 is 0. The topological polar surface area (TPSA) is 51.2 Å². The number of hydrogen-bond donors (Lipinski definition) is 1. The molecule has 0 spiro atoms. The van der Waals surface area contributed by atoms with E-state index in [1.807, 2.05) is 30.3 Å². The van der Waals surface area contributed by atoms with Crippen molar-refractivity contribution in [2.45, 2.75) is 64.8 Å². The minimum atomic E-state index is 0.127. The second-order valence-corrected chi connectivity index (χ2v) is 6.94. The van der Waals surface area contributed by atoms with Crippen LogP contribution in [0.2, 0.25) is 0 Å². The average Bonchev–Trinajstić information content (AvgIpc) is 2.70. The third-order valence-electron chi connectivity index (χ3n) is 4.70. The number of methoxy groups -OCH3 is 1. The van der Waals surface area contributed by atoms with Crippen LogP contribution >= 0.6 is 0 Å². The Balaban J connectivity index is 1.78. The summed E-state index contributed by atoms with van der Waals surface area (Å²) in [6, 6.07) is 12.0. The third-order valence-corrected chi connectivity index (χ3v) is 4.70. The fraction of sp³-hybridized carbons (Fsp3) is 0.478. The number of nitrogens with zero attached hydrogens (tertiary/aromatic N) is 1. The lowest BCUT2D eigenvalue weighted by Gasteiger charge is -2.11. The van der Waals surface area contributed by atoms with Gasteiger partial charge in [0, 0.05) is 36.8 Å². The van der Waals surface area contributed by atoms with Gasteiger partial charge in [-0.1, -0.05) is 57.2 Å². The zero-order chi connectivity index (χ0) is 19.3. The molecule has 2 rings (SSSR count). The Morgan fingerprint density at radius 2 is 1.89 bits per heavy atom. The van der Waals surface area contributed by atoms with Crippen LogP contribution in [0.4, 0.5) is 0 Å². The predicted octanol–water partition coefficient (Wildman–Crippen LogP) is 5.05. The van der Waals surface area contributed by atoms with Crippen LogP contribution in [0, 0.1) is 0 Å². The number of ether oxygens (including phenoxy) is 1. The summed E-state index contributed by atoms with van der Waals surface area (Å²) in [6.07, 6.45) is 10.3. The van der Waals surface area contributed by atoms with Crippen LogP contribution in [0.1, 0.15) is 68.7 Å². The summed E-state index contributed by atoms with van der Waals surface area (Å²) in [7, 11) is 1.68. The number of aromatic nitrogens is 1. The molecule has 1 aromatic heterocycles. The highest BCUT2D eigenvalue weighted by Gasteiger charge is 2.08. The monoisotopic (exact) mass is 368 g/mol. The molecule has 2 aromatic rings. The lowest BCUT2D eigenvalue weighted by atomic mass is 10.0. The maximum atomic E-state index is 12.0. The number of nitrogens with one attached hydrogen (secondary N) is 1. The van der Waals surface area contributed by atoms with Crippen LogP contribution in [-0.4, -0.2) is 18.0 Å². The molecule has 0 bridgehead atoms. The van der Waals surface area contributed by atoms with E-state index in [1.54, 1.807) is 13.3 Å². The average molecular weight is 369 g/mol. The first-order valence-electron chi connectivity index (χ1n) is 10.0. The Morgan fingerprint density at radius 1 is 1.07 bits per heavy atom. The van der Waals surface area contributed by atoms with E-state index in [9.17, 15) is 4.79 Å². The van der Waals surface area contributed by atoms with Gasteiger partial charge < -0.3 is 10.1 Å². The molecule has 0 radical (unpaired) electrons. The molecule has 1 amide bonds. The maximum absolute atomic E-state index is 12.0. The lowest BCUT2D eigenvalue weighted by Crippen LogP contribution is -2.22. The Kier molecular flexibility index (Phi) is 9.39. The Labute approximate surface area is 163 Å². The standard InChI is InChI=1S/C23H32N2O2/c1-3-4-5-6-7-8-12-23(26)25-18-19-13-14-20(22(16-19)27-2)17-21-11-9-10-15-24-21/h9-11,13-16H,3-8,12,17-18H2,1-2H3,(H,25,26). The Morgan fingerprint density at radius 3 is 2.63 bits per heavy atom. The molecule has 4 nitrogen and oxygen atoms in total. The highest BCUT2D eigenvalue weighted by molar-refractivity contribution is 5.75. The molecule has 0 unspecified atom stereocenters. The summed E-state index contributed by atoms with van der Waals surface area (Å²) in [5, 5.41) is 3.01. The van der Waals surface area contributed by atoms with Gasteiger partial charge in [0.25, 0.3) is 0 Å². The number of benzene rings is 1. The highest BCUT2D eigenvalue weighted by atomic mass is 16.5. The van der Waals surface area contributed by atoms with Crippen molar-refractivity contribution in [1.29, 1.82) is 0 Å². The second kappa shape index (κ2) is 12.1. The van der Waals surface area contributed by atoms with Gasteiger partial charge in [0.2, 0.25) is 5.91 Å². The summed E-state index contributed by atoms with van der Waals surface area (Å²) < 4.78 is 5.54. The van der Waals surface area contributed by atoms with Gasteiger partial charge in [-0.05, 0) is 30.2 Å².